The molecular formula is C11H11N3O2. The molecule has 0 radical (unpaired) electrons. The molecule has 5 nitrogen and oxygen atoms in total. The number of esters is 1. The molecule has 0 spiro atoms. The summed E-state index contributed by atoms with van der Waals surface area (Å²) in [5.74, 6) is -0.254. The molecule has 0 fully saturated rings. The topological polar surface area (TPSA) is 67.9 Å². The molecule has 2 rings (SSSR count). The fraction of sp³-hybridized carbons (Fsp3) is 0.182. The number of aryl methyl sites for hydroxylation is 1. The van der Waals surface area contributed by atoms with Crippen LogP contribution in [-0.4, -0.2) is 28.0 Å². The Kier molecular flexibility index (Phi) is 2.68. The van der Waals surface area contributed by atoms with Crippen molar-refractivity contribution in [2.45, 2.75) is 6.92 Å². The summed E-state index contributed by atoms with van der Waals surface area (Å²) in [5.41, 5.74) is 2.48. The summed E-state index contributed by atoms with van der Waals surface area (Å²) in [6.07, 6.45) is 3.36. The van der Waals surface area contributed by atoms with Crippen LogP contribution in [0.3, 0.4) is 0 Å². The lowest BCUT2D eigenvalue weighted by atomic mass is 10.2. The van der Waals surface area contributed by atoms with E-state index in [-0.39, 0.29) is 5.82 Å². The molecule has 0 atom stereocenters. The maximum atomic E-state index is 11.3. The second-order valence-electron chi connectivity index (χ2n) is 3.29. The summed E-state index contributed by atoms with van der Waals surface area (Å²) in [6.45, 7) is 1.86. The Balaban J connectivity index is 2.44. The first-order valence-electron chi connectivity index (χ1n) is 4.77. The van der Waals surface area contributed by atoms with Crippen molar-refractivity contribution in [1.82, 2.24) is 15.0 Å². The second kappa shape index (κ2) is 4.14. The number of aromatic amines is 1. The van der Waals surface area contributed by atoms with E-state index in [4.69, 9.17) is 0 Å². The van der Waals surface area contributed by atoms with E-state index in [1.807, 2.05) is 19.1 Å². The minimum atomic E-state index is -0.469. The van der Waals surface area contributed by atoms with E-state index in [0.29, 0.717) is 0 Å². The van der Waals surface area contributed by atoms with E-state index >= 15 is 0 Å². The number of imidazole rings is 1. The Morgan fingerprint density at radius 3 is 2.69 bits per heavy atom. The molecule has 82 valence electrons. The number of hydrogen-bond acceptors (Lipinski definition) is 4. The first-order valence-corrected chi connectivity index (χ1v) is 4.77. The van der Waals surface area contributed by atoms with Crippen LogP contribution >= 0.6 is 0 Å². The van der Waals surface area contributed by atoms with Crippen molar-refractivity contribution in [1.29, 1.82) is 0 Å². The van der Waals surface area contributed by atoms with Gasteiger partial charge in [0.2, 0.25) is 5.82 Å². The zero-order valence-electron chi connectivity index (χ0n) is 9.02. The molecule has 0 bridgehead atoms. The smallest absolute Gasteiger partial charge is 0.374 e. The molecule has 0 saturated carbocycles. The van der Waals surface area contributed by atoms with Gasteiger partial charge in [0.05, 0.1) is 12.8 Å². The third-order valence-electron chi connectivity index (χ3n) is 2.22. The number of pyridine rings is 1. The van der Waals surface area contributed by atoms with Crippen molar-refractivity contribution in [3.8, 4) is 11.3 Å². The lowest BCUT2D eigenvalue weighted by Crippen LogP contribution is -2.03. The lowest BCUT2D eigenvalue weighted by Gasteiger charge is -1.95. The molecule has 0 aromatic carbocycles. The summed E-state index contributed by atoms with van der Waals surface area (Å²) in [6, 6.07) is 3.68. The van der Waals surface area contributed by atoms with Gasteiger partial charge in [-0.2, -0.15) is 0 Å². The molecule has 0 amide bonds. The normalized spacial score (nSPS) is 10.1. The number of hydrogen-bond donors (Lipinski definition) is 1. The Hall–Kier alpha value is -2.17. The van der Waals surface area contributed by atoms with Crippen LogP contribution < -0.4 is 0 Å². The van der Waals surface area contributed by atoms with Crippen LogP contribution in [-0.2, 0) is 4.74 Å². The minimum absolute atomic E-state index is 0.215. The zero-order chi connectivity index (χ0) is 11.5. The van der Waals surface area contributed by atoms with Crippen LogP contribution in [0.5, 0.6) is 0 Å². The van der Waals surface area contributed by atoms with Gasteiger partial charge in [-0.15, -0.1) is 0 Å². The van der Waals surface area contributed by atoms with Gasteiger partial charge in [0.15, 0.2) is 0 Å². The van der Waals surface area contributed by atoms with Crippen LogP contribution in [0.25, 0.3) is 11.3 Å². The summed E-state index contributed by atoms with van der Waals surface area (Å²) >= 11 is 0. The van der Waals surface area contributed by atoms with Gasteiger partial charge in [-0.3, -0.25) is 4.98 Å². The first-order chi connectivity index (χ1) is 7.72. The second-order valence-corrected chi connectivity index (χ2v) is 3.29. The first kappa shape index (κ1) is 10.4. The molecule has 0 saturated heterocycles. The zero-order valence-corrected chi connectivity index (χ0v) is 9.02. The van der Waals surface area contributed by atoms with Crippen LogP contribution in [0.2, 0.25) is 0 Å². The van der Waals surface area contributed by atoms with Gasteiger partial charge in [-0.1, -0.05) is 0 Å². The summed E-state index contributed by atoms with van der Waals surface area (Å²) in [5, 5.41) is 0. The number of aromatic nitrogens is 3. The van der Waals surface area contributed by atoms with E-state index in [9.17, 15) is 4.79 Å². The number of carbonyl (C=O) groups is 1. The predicted octanol–water partition coefficient (Wildman–Crippen LogP) is 1.57. The number of carbonyl (C=O) groups excluding carboxylic acids is 1. The predicted molar refractivity (Wildman–Crippen MR) is 57.9 cm³/mol. The largest absolute Gasteiger partial charge is 0.463 e. The molecule has 2 aromatic heterocycles. The molecule has 0 unspecified atom stereocenters. The quantitative estimate of drug-likeness (QED) is 0.775. The number of ether oxygens (including phenoxy) is 1. The van der Waals surface area contributed by atoms with Gasteiger partial charge in [-0.05, 0) is 19.1 Å². The summed E-state index contributed by atoms with van der Waals surface area (Å²) in [7, 11) is 1.33. The van der Waals surface area contributed by atoms with Gasteiger partial charge in [0.1, 0.15) is 0 Å². The fourth-order valence-electron chi connectivity index (χ4n) is 1.44. The number of rotatable bonds is 2. The van der Waals surface area contributed by atoms with Crippen molar-refractivity contribution in [2.75, 3.05) is 7.11 Å². The van der Waals surface area contributed by atoms with Gasteiger partial charge in [0, 0.05) is 23.7 Å². The van der Waals surface area contributed by atoms with E-state index < -0.39 is 5.97 Å². The lowest BCUT2D eigenvalue weighted by molar-refractivity contribution is 0.0588. The monoisotopic (exact) mass is 217 g/mol. The van der Waals surface area contributed by atoms with Crippen molar-refractivity contribution >= 4 is 5.97 Å². The Bertz CT molecular complexity index is 505. The maximum absolute atomic E-state index is 11.3. The highest BCUT2D eigenvalue weighted by Gasteiger charge is 2.14. The molecule has 5 heteroatoms. The average Bonchev–Trinajstić information content (AvgIpc) is 2.71. The van der Waals surface area contributed by atoms with Gasteiger partial charge in [0.25, 0.3) is 0 Å². The van der Waals surface area contributed by atoms with Crippen LogP contribution in [0.1, 0.15) is 16.3 Å². The third kappa shape index (κ3) is 1.79. The molecule has 0 aliphatic rings. The van der Waals surface area contributed by atoms with Crippen molar-refractivity contribution < 1.29 is 9.53 Å². The van der Waals surface area contributed by atoms with Gasteiger partial charge in [-0.25, -0.2) is 9.78 Å². The number of methoxy groups -OCH3 is 1. The SMILES string of the molecule is COC(=O)c1nc(-c2ccncc2)c(C)[nH]1. The van der Waals surface area contributed by atoms with E-state index in [0.717, 1.165) is 17.0 Å². The maximum Gasteiger partial charge on any atom is 0.374 e. The van der Waals surface area contributed by atoms with Crippen LogP contribution in [0.4, 0.5) is 0 Å². The molecule has 0 aliphatic heterocycles. The molecule has 2 heterocycles. The van der Waals surface area contributed by atoms with Crippen LogP contribution in [0, 0.1) is 6.92 Å². The highest BCUT2D eigenvalue weighted by Crippen LogP contribution is 2.20. The highest BCUT2D eigenvalue weighted by atomic mass is 16.5. The fourth-order valence-corrected chi connectivity index (χ4v) is 1.44. The molecule has 1 N–H and O–H groups in total. The van der Waals surface area contributed by atoms with Gasteiger partial charge < -0.3 is 9.72 Å². The van der Waals surface area contributed by atoms with E-state index in [2.05, 4.69) is 19.7 Å². The Labute approximate surface area is 92.5 Å². The third-order valence-corrected chi connectivity index (χ3v) is 2.22. The number of nitrogens with zero attached hydrogens (tertiary/aromatic N) is 2. The van der Waals surface area contributed by atoms with Crippen molar-refractivity contribution in [3.05, 3.63) is 36.0 Å². The van der Waals surface area contributed by atoms with Crippen molar-refractivity contribution in [3.63, 3.8) is 0 Å². The van der Waals surface area contributed by atoms with Crippen LogP contribution in [0.15, 0.2) is 24.5 Å². The standard InChI is InChI=1S/C11H11N3O2/c1-7-9(8-3-5-12-6-4-8)14-10(13-7)11(15)16-2/h3-6H,1-2H3,(H,13,14). The molecule has 0 aliphatic carbocycles. The van der Waals surface area contributed by atoms with Gasteiger partial charge >= 0.3 is 5.97 Å². The minimum Gasteiger partial charge on any atom is -0.463 e. The number of H-pyrrole nitrogens is 1. The molecule has 2 aromatic rings. The van der Waals surface area contributed by atoms with E-state index in [1.165, 1.54) is 7.11 Å². The summed E-state index contributed by atoms with van der Waals surface area (Å²) < 4.78 is 4.60. The number of nitrogens with one attached hydrogen (secondary N) is 1. The summed E-state index contributed by atoms with van der Waals surface area (Å²) in [4.78, 5) is 22.3. The molecular weight excluding hydrogens is 206 g/mol. The Morgan fingerprint density at radius 2 is 2.06 bits per heavy atom. The average molecular weight is 217 g/mol. The van der Waals surface area contributed by atoms with Crippen molar-refractivity contribution in [2.24, 2.45) is 0 Å². The Morgan fingerprint density at radius 1 is 1.38 bits per heavy atom. The molecule has 16 heavy (non-hydrogen) atoms. The van der Waals surface area contributed by atoms with E-state index in [1.54, 1.807) is 12.4 Å². The highest BCUT2D eigenvalue weighted by molar-refractivity contribution is 5.86.